The number of carboxylic acid groups (broad SMARTS) is 1. The van der Waals surface area contributed by atoms with Crippen LogP contribution in [0.2, 0.25) is 0 Å². The van der Waals surface area contributed by atoms with Gasteiger partial charge in [0.1, 0.15) is 11.6 Å². The Hall–Kier alpha value is -4.62. The lowest BCUT2D eigenvalue weighted by atomic mass is 9.94. The molecule has 0 radical (unpaired) electrons. The van der Waals surface area contributed by atoms with Gasteiger partial charge in [-0.15, -0.1) is 0 Å². The Morgan fingerprint density at radius 1 is 0.771 bits per heavy atom. The second-order valence-electron chi connectivity index (χ2n) is 8.56. The van der Waals surface area contributed by atoms with Crippen molar-refractivity contribution in [3.63, 3.8) is 0 Å². The van der Waals surface area contributed by atoms with E-state index in [9.17, 15) is 4.79 Å². The van der Waals surface area contributed by atoms with Crippen LogP contribution in [0.4, 0.5) is 17.1 Å². The van der Waals surface area contributed by atoms with Gasteiger partial charge in [-0.2, -0.15) is 5.26 Å². The molecule has 4 heteroatoms. The van der Waals surface area contributed by atoms with Crippen molar-refractivity contribution in [2.24, 2.45) is 0 Å². The SMILES string of the molecule is Cc1ccc(N(c2ccccc2)c2ccc(-c3ccc(/C=C(\C#N)C(=O)O)cc3C)c(C)c2)cc1. The van der Waals surface area contributed by atoms with Crippen molar-refractivity contribution in [1.29, 1.82) is 5.26 Å². The second-order valence-corrected chi connectivity index (χ2v) is 8.56. The van der Waals surface area contributed by atoms with Crippen molar-refractivity contribution >= 4 is 29.1 Å². The number of rotatable bonds is 6. The van der Waals surface area contributed by atoms with E-state index < -0.39 is 5.97 Å². The Labute approximate surface area is 206 Å². The van der Waals surface area contributed by atoms with E-state index in [4.69, 9.17) is 10.4 Å². The number of aliphatic carboxylic acids is 1. The van der Waals surface area contributed by atoms with E-state index in [1.54, 1.807) is 6.07 Å². The Morgan fingerprint density at radius 3 is 1.91 bits per heavy atom. The summed E-state index contributed by atoms with van der Waals surface area (Å²) in [6, 6.07) is 32.7. The van der Waals surface area contributed by atoms with Crippen LogP contribution in [0.5, 0.6) is 0 Å². The number of aryl methyl sites for hydroxylation is 3. The van der Waals surface area contributed by atoms with Crippen LogP contribution < -0.4 is 4.90 Å². The third-order valence-electron chi connectivity index (χ3n) is 5.98. The summed E-state index contributed by atoms with van der Waals surface area (Å²) in [7, 11) is 0. The minimum absolute atomic E-state index is 0.283. The molecule has 0 saturated carbocycles. The van der Waals surface area contributed by atoms with Crippen LogP contribution in [0.1, 0.15) is 22.3 Å². The molecule has 0 aliphatic carbocycles. The molecule has 0 saturated heterocycles. The highest BCUT2D eigenvalue weighted by Crippen LogP contribution is 2.37. The molecule has 35 heavy (non-hydrogen) atoms. The zero-order chi connectivity index (χ0) is 24.9. The molecule has 172 valence electrons. The predicted molar refractivity (Wildman–Crippen MR) is 142 cm³/mol. The number of carbonyl (C=O) groups is 1. The van der Waals surface area contributed by atoms with Gasteiger partial charge in [-0.25, -0.2) is 4.79 Å². The number of hydrogen-bond acceptors (Lipinski definition) is 3. The topological polar surface area (TPSA) is 64.3 Å². The van der Waals surface area contributed by atoms with Gasteiger partial charge >= 0.3 is 5.97 Å². The molecule has 0 fully saturated rings. The van der Waals surface area contributed by atoms with Gasteiger partial charge in [-0.05, 0) is 91.1 Å². The fourth-order valence-corrected chi connectivity index (χ4v) is 4.19. The molecule has 1 N–H and O–H groups in total. The van der Waals surface area contributed by atoms with Crippen molar-refractivity contribution in [2.45, 2.75) is 20.8 Å². The summed E-state index contributed by atoms with van der Waals surface area (Å²) in [4.78, 5) is 13.4. The molecule has 0 aliphatic heterocycles. The fraction of sp³-hybridized carbons (Fsp3) is 0.0968. The molecule has 0 unspecified atom stereocenters. The zero-order valence-corrected chi connectivity index (χ0v) is 20.0. The van der Waals surface area contributed by atoms with Crippen LogP contribution >= 0.6 is 0 Å². The average molecular weight is 459 g/mol. The lowest BCUT2D eigenvalue weighted by Crippen LogP contribution is -2.10. The summed E-state index contributed by atoms with van der Waals surface area (Å²) in [5, 5.41) is 18.2. The number of benzene rings is 4. The maximum atomic E-state index is 11.2. The van der Waals surface area contributed by atoms with Gasteiger partial charge < -0.3 is 10.0 Å². The van der Waals surface area contributed by atoms with Crippen LogP contribution in [0.25, 0.3) is 17.2 Å². The molecule has 4 rings (SSSR count). The van der Waals surface area contributed by atoms with Crippen molar-refractivity contribution in [3.05, 3.63) is 119 Å². The fourth-order valence-electron chi connectivity index (χ4n) is 4.19. The van der Waals surface area contributed by atoms with Crippen molar-refractivity contribution in [2.75, 3.05) is 4.90 Å². The maximum Gasteiger partial charge on any atom is 0.346 e. The molecule has 0 atom stereocenters. The first-order chi connectivity index (χ1) is 16.9. The van der Waals surface area contributed by atoms with Crippen LogP contribution in [-0.2, 0) is 4.79 Å². The smallest absolute Gasteiger partial charge is 0.346 e. The van der Waals surface area contributed by atoms with E-state index in [1.807, 2.05) is 43.3 Å². The van der Waals surface area contributed by atoms with Crippen molar-refractivity contribution in [1.82, 2.24) is 0 Å². The molecule has 0 aliphatic rings. The first kappa shape index (κ1) is 23.5. The monoisotopic (exact) mass is 458 g/mol. The Bertz CT molecular complexity index is 1450. The van der Waals surface area contributed by atoms with Gasteiger partial charge in [0.2, 0.25) is 0 Å². The van der Waals surface area contributed by atoms with Gasteiger partial charge in [0, 0.05) is 17.1 Å². The van der Waals surface area contributed by atoms with E-state index >= 15 is 0 Å². The highest BCUT2D eigenvalue weighted by atomic mass is 16.4. The summed E-state index contributed by atoms with van der Waals surface area (Å²) < 4.78 is 0. The highest BCUT2D eigenvalue weighted by molar-refractivity contribution is 5.96. The molecule has 0 aromatic heterocycles. The molecule has 0 spiro atoms. The number of para-hydroxylation sites is 1. The van der Waals surface area contributed by atoms with Gasteiger partial charge in [0.05, 0.1) is 0 Å². The molecule has 4 aromatic rings. The quantitative estimate of drug-likeness (QED) is 0.237. The van der Waals surface area contributed by atoms with E-state index in [0.717, 1.165) is 39.3 Å². The van der Waals surface area contributed by atoms with Crippen molar-refractivity contribution in [3.8, 4) is 17.2 Å². The van der Waals surface area contributed by atoms with E-state index in [2.05, 4.69) is 73.3 Å². The van der Waals surface area contributed by atoms with Gasteiger partial charge in [-0.1, -0.05) is 60.2 Å². The normalized spacial score (nSPS) is 11.1. The van der Waals surface area contributed by atoms with Gasteiger partial charge in [0.15, 0.2) is 0 Å². The maximum absolute atomic E-state index is 11.2. The molecule has 4 nitrogen and oxygen atoms in total. The van der Waals surface area contributed by atoms with Crippen LogP contribution in [0.15, 0.2) is 96.6 Å². The van der Waals surface area contributed by atoms with E-state index in [1.165, 1.54) is 11.6 Å². The molecular weight excluding hydrogens is 432 g/mol. The first-order valence-electron chi connectivity index (χ1n) is 11.4. The number of carboxylic acids is 1. The standard InChI is InChI=1S/C31H26N2O2/c1-21-9-12-27(13-10-21)33(26-7-5-4-6-8-26)28-14-16-30(23(3)18-28)29-15-11-24(17-22(29)2)19-25(20-32)31(34)35/h4-19H,1-3H3,(H,34,35)/b25-19+. The lowest BCUT2D eigenvalue weighted by molar-refractivity contribution is -0.132. The van der Waals surface area contributed by atoms with Gasteiger partial charge in [0.25, 0.3) is 0 Å². The van der Waals surface area contributed by atoms with Crippen molar-refractivity contribution < 1.29 is 9.90 Å². The number of anilines is 3. The van der Waals surface area contributed by atoms with E-state index in [0.29, 0.717) is 5.56 Å². The average Bonchev–Trinajstić information content (AvgIpc) is 2.85. The van der Waals surface area contributed by atoms with Crippen LogP contribution in [0.3, 0.4) is 0 Å². The molecule has 4 aromatic carbocycles. The molecule has 0 bridgehead atoms. The molecular formula is C31H26N2O2. The predicted octanol–water partition coefficient (Wildman–Crippen LogP) is 7.74. The summed E-state index contributed by atoms with van der Waals surface area (Å²) in [5.74, 6) is -1.22. The number of hydrogen-bond donors (Lipinski definition) is 1. The minimum Gasteiger partial charge on any atom is -0.477 e. The van der Waals surface area contributed by atoms with Crippen LogP contribution in [0, 0.1) is 32.1 Å². The Kier molecular flexibility index (Phi) is 6.80. The minimum atomic E-state index is -1.22. The Balaban J connectivity index is 1.74. The zero-order valence-electron chi connectivity index (χ0n) is 20.0. The summed E-state index contributed by atoms with van der Waals surface area (Å²) in [5.41, 5.74) is 9.19. The number of nitrogens with zero attached hydrogens (tertiary/aromatic N) is 2. The van der Waals surface area contributed by atoms with Crippen LogP contribution in [-0.4, -0.2) is 11.1 Å². The molecule has 0 heterocycles. The summed E-state index contributed by atoms with van der Waals surface area (Å²) in [6.07, 6.45) is 1.40. The largest absolute Gasteiger partial charge is 0.477 e. The molecule has 0 amide bonds. The summed E-state index contributed by atoms with van der Waals surface area (Å²) in [6.45, 7) is 6.18. The second kappa shape index (κ2) is 10.1. The Morgan fingerprint density at radius 2 is 1.34 bits per heavy atom. The van der Waals surface area contributed by atoms with Gasteiger partial charge in [-0.3, -0.25) is 0 Å². The third-order valence-corrected chi connectivity index (χ3v) is 5.98. The van der Waals surface area contributed by atoms with E-state index in [-0.39, 0.29) is 5.57 Å². The highest BCUT2D eigenvalue weighted by Gasteiger charge is 2.15. The lowest BCUT2D eigenvalue weighted by Gasteiger charge is -2.26. The first-order valence-corrected chi connectivity index (χ1v) is 11.4. The summed E-state index contributed by atoms with van der Waals surface area (Å²) >= 11 is 0. The third kappa shape index (κ3) is 5.15. The number of nitriles is 1.